The molecule has 1 heterocycles. The average molecular weight is 297 g/mol. The van der Waals surface area contributed by atoms with Crippen LogP contribution in [0.25, 0.3) is 0 Å². The maximum absolute atomic E-state index is 13.6. The Kier molecular flexibility index (Phi) is 4.88. The molecule has 0 aromatic heterocycles. The summed E-state index contributed by atoms with van der Waals surface area (Å²) in [6, 6.07) is 2.63. The average Bonchev–Trinajstić information content (AvgIpc) is 2.42. The number of amides is 1. The Morgan fingerprint density at radius 1 is 1.29 bits per heavy atom. The first-order chi connectivity index (χ1) is 9.97. The van der Waals surface area contributed by atoms with Crippen LogP contribution in [0.3, 0.4) is 0 Å². The Bertz CT molecular complexity index is 548. The van der Waals surface area contributed by atoms with E-state index in [1.54, 1.807) is 0 Å². The molecule has 1 aromatic carbocycles. The number of carbonyl (C=O) groups excluding carboxylic acids is 1. The van der Waals surface area contributed by atoms with E-state index in [9.17, 15) is 18.4 Å². The van der Waals surface area contributed by atoms with E-state index in [-0.39, 0.29) is 30.4 Å². The van der Waals surface area contributed by atoms with Gasteiger partial charge in [0, 0.05) is 18.2 Å². The number of rotatable bonds is 4. The summed E-state index contributed by atoms with van der Waals surface area (Å²) in [4.78, 5) is 24.6. The zero-order chi connectivity index (χ0) is 15.4. The number of carboxylic acid groups (broad SMARTS) is 1. The van der Waals surface area contributed by atoms with E-state index >= 15 is 0 Å². The SMILES string of the molecule is O=C(O)C[C@H]1CCCCN1C(=O)Cc1cc(F)ccc1F. The number of hydrogen-bond donors (Lipinski definition) is 1. The minimum atomic E-state index is -0.961. The molecule has 21 heavy (non-hydrogen) atoms. The van der Waals surface area contributed by atoms with Crippen molar-refractivity contribution in [2.24, 2.45) is 0 Å². The van der Waals surface area contributed by atoms with Crippen molar-refractivity contribution in [2.75, 3.05) is 6.54 Å². The Balaban J connectivity index is 2.10. The second kappa shape index (κ2) is 6.65. The predicted octanol–water partition coefficient (Wildman–Crippen LogP) is 2.36. The molecule has 0 radical (unpaired) electrons. The topological polar surface area (TPSA) is 57.6 Å². The molecule has 1 aliphatic heterocycles. The van der Waals surface area contributed by atoms with Crippen LogP contribution >= 0.6 is 0 Å². The predicted molar refractivity (Wildman–Crippen MR) is 71.7 cm³/mol. The van der Waals surface area contributed by atoms with Crippen molar-refractivity contribution >= 4 is 11.9 Å². The maximum Gasteiger partial charge on any atom is 0.305 e. The monoisotopic (exact) mass is 297 g/mol. The van der Waals surface area contributed by atoms with Crippen molar-refractivity contribution in [1.29, 1.82) is 0 Å². The first-order valence-corrected chi connectivity index (χ1v) is 6.92. The van der Waals surface area contributed by atoms with Crippen LogP contribution in [0.2, 0.25) is 0 Å². The molecular weight excluding hydrogens is 280 g/mol. The van der Waals surface area contributed by atoms with Crippen LogP contribution in [0.4, 0.5) is 8.78 Å². The lowest BCUT2D eigenvalue weighted by Gasteiger charge is -2.35. The molecule has 1 saturated heterocycles. The third kappa shape index (κ3) is 4.00. The summed E-state index contributed by atoms with van der Waals surface area (Å²) >= 11 is 0. The van der Waals surface area contributed by atoms with Crippen LogP contribution in [-0.2, 0) is 16.0 Å². The number of piperidine rings is 1. The third-order valence-corrected chi connectivity index (χ3v) is 3.71. The fraction of sp³-hybridized carbons (Fsp3) is 0.467. The standard InChI is InChI=1S/C15H17F2NO3/c16-11-4-5-13(17)10(7-11)8-14(19)18-6-2-1-3-12(18)9-15(20)21/h4-5,7,12H,1-3,6,8-9H2,(H,20,21)/t12-/m1/s1. The van der Waals surface area contributed by atoms with Gasteiger partial charge in [0.25, 0.3) is 0 Å². The molecule has 2 rings (SSSR count). The number of aliphatic carboxylic acids is 1. The van der Waals surface area contributed by atoms with Crippen LogP contribution in [0.15, 0.2) is 18.2 Å². The van der Waals surface area contributed by atoms with Crippen LogP contribution in [0, 0.1) is 11.6 Å². The minimum absolute atomic E-state index is 0.000325. The van der Waals surface area contributed by atoms with E-state index in [4.69, 9.17) is 5.11 Å². The Morgan fingerprint density at radius 3 is 2.76 bits per heavy atom. The van der Waals surface area contributed by atoms with Gasteiger partial charge in [0.15, 0.2) is 0 Å². The quantitative estimate of drug-likeness (QED) is 0.928. The molecule has 1 amide bonds. The molecule has 0 spiro atoms. The molecule has 1 aliphatic rings. The van der Waals surface area contributed by atoms with Crippen LogP contribution in [-0.4, -0.2) is 34.5 Å². The molecule has 1 atom stereocenters. The number of nitrogens with zero attached hydrogens (tertiary/aromatic N) is 1. The molecule has 0 aliphatic carbocycles. The summed E-state index contributed by atoms with van der Waals surface area (Å²) in [5.74, 6) is -2.54. The van der Waals surface area contributed by atoms with Crippen molar-refractivity contribution in [3.63, 3.8) is 0 Å². The zero-order valence-corrected chi connectivity index (χ0v) is 11.5. The number of benzene rings is 1. The normalized spacial score (nSPS) is 18.6. The Hall–Kier alpha value is -1.98. The van der Waals surface area contributed by atoms with Crippen LogP contribution < -0.4 is 0 Å². The van der Waals surface area contributed by atoms with Crippen molar-refractivity contribution in [2.45, 2.75) is 38.1 Å². The van der Waals surface area contributed by atoms with Gasteiger partial charge in [0.2, 0.25) is 5.91 Å². The zero-order valence-electron chi connectivity index (χ0n) is 11.5. The largest absolute Gasteiger partial charge is 0.481 e. The van der Waals surface area contributed by atoms with E-state index in [0.29, 0.717) is 13.0 Å². The lowest BCUT2D eigenvalue weighted by molar-refractivity contribution is -0.141. The number of likely N-dealkylation sites (tertiary alicyclic amines) is 1. The first kappa shape index (κ1) is 15.4. The van der Waals surface area contributed by atoms with Gasteiger partial charge in [0.05, 0.1) is 12.8 Å². The fourth-order valence-corrected chi connectivity index (χ4v) is 2.69. The van der Waals surface area contributed by atoms with Gasteiger partial charge in [-0.25, -0.2) is 8.78 Å². The molecule has 1 fully saturated rings. The molecule has 4 nitrogen and oxygen atoms in total. The second-order valence-electron chi connectivity index (χ2n) is 5.25. The Labute approximate surface area is 121 Å². The Morgan fingerprint density at radius 2 is 2.05 bits per heavy atom. The smallest absolute Gasteiger partial charge is 0.305 e. The fourth-order valence-electron chi connectivity index (χ4n) is 2.69. The van der Waals surface area contributed by atoms with E-state index in [1.807, 2.05) is 0 Å². The highest BCUT2D eigenvalue weighted by molar-refractivity contribution is 5.80. The number of halogens is 2. The number of carboxylic acids is 1. The van der Waals surface area contributed by atoms with E-state index in [1.165, 1.54) is 4.90 Å². The van der Waals surface area contributed by atoms with Gasteiger partial charge in [-0.3, -0.25) is 9.59 Å². The van der Waals surface area contributed by atoms with Gasteiger partial charge in [0.1, 0.15) is 11.6 Å². The van der Waals surface area contributed by atoms with Crippen molar-refractivity contribution < 1.29 is 23.5 Å². The van der Waals surface area contributed by atoms with Crippen molar-refractivity contribution in [1.82, 2.24) is 4.90 Å². The highest BCUT2D eigenvalue weighted by atomic mass is 19.1. The molecule has 0 unspecified atom stereocenters. The van der Waals surface area contributed by atoms with Gasteiger partial charge in [-0.2, -0.15) is 0 Å². The lowest BCUT2D eigenvalue weighted by Crippen LogP contribution is -2.45. The molecular formula is C15H17F2NO3. The van der Waals surface area contributed by atoms with Crippen LogP contribution in [0.5, 0.6) is 0 Å². The summed E-state index contributed by atoms with van der Waals surface area (Å²) in [5, 5.41) is 8.89. The lowest BCUT2D eigenvalue weighted by atomic mass is 9.98. The third-order valence-electron chi connectivity index (χ3n) is 3.71. The molecule has 114 valence electrons. The molecule has 6 heteroatoms. The van der Waals surface area contributed by atoms with E-state index in [0.717, 1.165) is 31.0 Å². The summed E-state index contributed by atoms with van der Waals surface area (Å²) in [5.41, 5.74) is -0.000325. The highest BCUT2D eigenvalue weighted by Gasteiger charge is 2.28. The molecule has 1 N–H and O–H groups in total. The summed E-state index contributed by atoms with van der Waals surface area (Å²) in [6.07, 6.45) is 1.93. The molecule has 0 bridgehead atoms. The highest BCUT2D eigenvalue weighted by Crippen LogP contribution is 2.21. The van der Waals surface area contributed by atoms with Gasteiger partial charge in [-0.1, -0.05) is 0 Å². The van der Waals surface area contributed by atoms with Gasteiger partial charge >= 0.3 is 5.97 Å². The van der Waals surface area contributed by atoms with E-state index in [2.05, 4.69) is 0 Å². The number of hydrogen-bond acceptors (Lipinski definition) is 2. The van der Waals surface area contributed by atoms with E-state index < -0.39 is 17.6 Å². The maximum atomic E-state index is 13.6. The van der Waals surface area contributed by atoms with Gasteiger partial charge in [-0.05, 0) is 37.5 Å². The summed E-state index contributed by atoms with van der Waals surface area (Å²) in [6.45, 7) is 0.466. The van der Waals surface area contributed by atoms with Gasteiger partial charge < -0.3 is 10.0 Å². The van der Waals surface area contributed by atoms with Gasteiger partial charge in [-0.15, -0.1) is 0 Å². The van der Waals surface area contributed by atoms with Crippen molar-refractivity contribution in [3.05, 3.63) is 35.4 Å². The number of carbonyl (C=O) groups is 2. The molecule has 1 aromatic rings. The molecule has 0 saturated carbocycles. The van der Waals surface area contributed by atoms with Crippen LogP contribution in [0.1, 0.15) is 31.2 Å². The van der Waals surface area contributed by atoms with Crippen molar-refractivity contribution in [3.8, 4) is 0 Å². The minimum Gasteiger partial charge on any atom is -0.481 e. The summed E-state index contributed by atoms with van der Waals surface area (Å²) in [7, 11) is 0. The second-order valence-corrected chi connectivity index (χ2v) is 5.25. The summed E-state index contributed by atoms with van der Waals surface area (Å²) < 4.78 is 26.7. The first-order valence-electron chi connectivity index (χ1n) is 6.92.